The standard InChI is InChI=1S/C21H22O4/c1-21(2)15-11-18(23-3)19-16(22)12-17(13-7-5-4-6-8-13)25-20(19)14(15)9-10-24-21/h4-11,16-17,22H,12H2,1-3H3. The molecule has 0 amide bonds. The molecule has 1 N–H and O–H groups in total. The predicted molar refractivity (Wildman–Crippen MR) is 95.5 cm³/mol. The highest BCUT2D eigenvalue weighted by molar-refractivity contribution is 5.70. The lowest BCUT2D eigenvalue weighted by atomic mass is 9.85. The van der Waals surface area contributed by atoms with Crippen molar-refractivity contribution in [2.24, 2.45) is 0 Å². The van der Waals surface area contributed by atoms with Crippen molar-refractivity contribution in [3.05, 3.63) is 64.9 Å². The fourth-order valence-corrected chi connectivity index (χ4v) is 3.66. The summed E-state index contributed by atoms with van der Waals surface area (Å²) >= 11 is 0. The van der Waals surface area contributed by atoms with Crippen LogP contribution in [0.15, 0.2) is 42.7 Å². The molecule has 0 fully saturated rings. The van der Waals surface area contributed by atoms with Crippen LogP contribution in [0.2, 0.25) is 0 Å². The number of hydrogen-bond donors (Lipinski definition) is 1. The fraction of sp³-hybridized carbons (Fsp3) is 0.333. The van der Waals surface area contributed by atoms with E-state index in [4.69, 9.17) is 14.2 Å². The van der Waals surface area contributed by atoms with Crippen LogP contribution in [0.5, 0.6) is 11.5 Å². The maximum atomic E-state index is 10.8. The van der Waals surface area contributed by atoms with Gasteiger partial charge in [0.25, 0.3) is 0 Å². The molecule has 0 spiro atoms. The number of ether oxygens (including phenoxy) is 3. The zero-order chi connectivity index (χ0) is 17.6. The summed E-state index contributed by atoms with van der Waals surface area (Å²) in [6, 6.07) is 11.9. The van der Waals surface area contributed by atoms with E-state index in [9.17, 15) is 5.11 Å². The van der Waals surface area contributed by atoms with E-state index in [0.29, 0.717) is 17.9 Å². The van der Waals surface area contributed by atoms with Gasteiger partial charge in [0, 0.05) is 17.5 Å². The van der Waals surface area contributed by atoms with Gasteiger partial charge in [-0.3, -0.25) is 0 Å². The summed E-state index contributed by atoms with van der Waals surface area (Å²) in [5, 5.41) is 10.8. The molecule has 4 nitrogen and oxygen atoms in total. The van der Waals surface area contributed by atoms with Crippen LogP contribution in [-0.4, -0.2) is 12.2 Å². The number of benzene rings is 2. The van der Waals surface area contributed by atoms with Crippen LogP contribution in [0, 0.1) is 0 Å². The van der Waals surface area contributed by atoms with Crippen LogP contribution < -0.4 is 9.47 Å². The lowest BCUT2D eigenvalue weighted by molar-refractivity contribution is 0.0463. The average molecular weight is 338 g/mol. The second-order valence-corrected chi connectivity index (χ2v) is 6.98. The second kappa shape index (κ2) is 5.81. The number of fused-ring (bicyclic) bond motifs is 3. The van der Waals surface area contributed by atoms with Crippen molar-refractivity contribution in [2.45, 2.75) is 38.1 Å². The minimum absolute atomic E-state index is 0.195. The molecule has 130 valence electrons. The highest BCUT2D eigenvalue weighted by atomic mass is 16.5. The smallest absolute Gasteiger partial charge is 0.137 e. The number of rotatable bonds is 2. The topological polar surface area (TPSA) is 47.9 Å². The number of hydrogen-bond acceptors (Lipinski definition) is 4. The molecule has 0 saturated carbocycles. The largest absolute Gasteiger partial charge is 0.496 e. The summed E-state index contributed by atoms with van der Waals surface area (Å²) in [6.07, 6.45) is 3.25. The molecule has 0 aromatic heterocycles. The third kappa shape index (κ3) is 2.57. The van der Waals surface area contributed by atoms with Gasteiger partial charge >= 0.3 is 0 Å². The molecular formula is C21H22O4. The Kier molecular flexibility index (Phi) is 3.73. The van der Waals surface area contributed by atoms with Crippen LogP contribution in [0.4, 0.5) is 0 Å². The zero-order valence-corrected chi connectivity index (χ0v) is 14.7. The fourth-order valence-electron chi connectivity index (χ4n) is 3.66. The van der Waals surface area contributed by atoms with E-state index in [2.05, 4.69) is 0 Å². The van der Waals surface area contributed by atoms with Gasteiger partial charge in [0.2, 0.25) is 0 Å². The van der Waals surface area contributed by atoms with Crippen molar-refractivity contribution in [2.75, 3.05) is 7.11 Å². The lowest BCUT2D eigenvalue weighted by Gasteiger charge is -2.37. The maximum absolute atomic E-state index is 10.8. The molecule has 2 heterocycles. The van der Waals surface area contributed by atoms with Crippen LogP contribution in [0.25, 0.3) is 6.08 Å². The van der Waals surface area contributed by atoms with Crippen molar-refractivity contribution in [1.82, 2.24) is 0 Å². The van der Waals surface area contributed by atoms with E-state index in [1.165, 1.54) is 0 Å². The molecule has 2 unspecified atom stereocenters. The molecule has 0 saturated heterocycles. The van der Waals surface area contributed by atoms with E-state index in [1.54, 1.807) is 13.4 Å². The second-order valence-electron chi connectivity index (χ2n) is 6.98. The summed E-state index contributed by atoms with van der Waals surface area (Å²) in [4.78, 5) is 0. The Hall–Kier alpha value is -2.46. The third-order valence-electron chi connectivity index (χ3n) is 4.99. The van der Waals surface area contributed by atoms with Crippen molar-refractivity contribution in [3.63, 3.8) is 0 Å². The molecule has 4 rings (SSSR count). The molecule has 0 bridgehead atoms. The van der Waals surface area contributed by atoms with Crippen molar-refractivity contribution in [1.29, 1.82) is 0 Å². The van der Waals surface area contributed by atoms with E-state index in [-0.39, 0.29) is 6.10 Å². The van der Waals surface area contributed by atoms with E-state index >= 15 is 0 Å². The molecule has 0 radical (unpaired) electrons. The van der Waals surface area contributed by atoms with Gasteiger partial charge in [-0.25, -0.2) is 0 Å². The molecule has 4 heteroatoms. The van der Waals surface area contributed by atoms with Crippen molar-refractivity contribution in [3.8, 4) is 11.5 Å². The van der Waals surface area contributed by atoms with E-state index in [1.807, 2.05) is 56.3 Å². The Morgan fingerprint density at radius 1 is 1.20 bits per heavy atom. The summed E-state index contributed by atoms with van der Waals surface area (Å²) in [6.45, 7) is 4.02. The quantitative estimate of drug-likeness (QED) is 0.876. The van der Waals surface area contributed by atoms with Crippen LogP contribution in [0.1, 0.15) is 54.7 Å². The van der Waals surface area contributed by atoms with Gasteiger partial charge in [-0.2, -0.15) is 0 Å². The SMILES string of the molecule is COc1cc2c(c3c1C(O)CC(c1ccccc1)O3)C=COC2(C)C. The molecule has 2 aliphatic rings. The number of aliphatic hydroxyl groups excluding tert-OH is 1. The number of aliphatic hydroxyl groups is 1. The molecule has 2 aromatic carbocycles. The molecule has 2 aromatic rings. The Bertz CT molecular complexity index is 824. The van der Waals surface area contributed by atoms with Gasteiger partial charge in [-0.1, -0.05) is 30.3 Å². The summed E-state index contributed by atoms with van der Waals surface area (Å²) < 4.78 is 17.7. The Labute approximate surface area is 147 Å². The Morgan fingerprint density at radius 3 is 2.68 bits per heavy atom. The summed E-state index contributed by atoms with van der Waals surface area (Å²) in [7, 11) is 1.62. The highest BCUT2D eigenvalue weighted by Gasteiger charge is 2.37. The van der Waals surface area contributed by atoms with E-state index in [0.717, 1.165) is 22.3 Å². The first-order valence-corrected chi connectivity index (χ1v) is 8.50. The van der Waals surface area contributed by atoms with Gasteiger partial charge in [-0.15, -0.1) is 0 Å². The van der Waals surface area contributed by atoms with Gasteiger partial charge in [-0.05, 0) is 31.6 Å². The van der Waals surface area contributed by atoms with Gasteiger partial charge < -0.3 is 19.3 Å². The Balaban J connectivity index is 1.89. The van der Waals surface area contributed by atoms with Crippen LogP contribution in [-0.2, 0) is 10.3 Å². The van der Waals surface area contributed by atoms with Crippen molar-refractivity contribution < 1.29 is 19.3 Å². The van der Waals surface area contributed by atoms with Gasteiger partial charge in [0.1, 0.15) is 23.2 Å². The number of methoxy groups -OCH3 is 1. The first-order valence-electron chi connectivity index (χ1n) is 8.50. The van der Waals surface area contributed by atoms with Crippen LogP contribution in [0.3, 0.4) is 0 Å². The molecule has 2 atom stereocenters. The third-order valence-corrected chi connectivity index (χ3v) is 4.99. The summed E-state index contributed by atoms with van der Waals surface area (Å²) in [5.74, 6) is 1.33. The Morgan fingerprint density at radius 2 is 1.96 bits per heavy atom. The average Bonchev–Trinajstić information content (AvgIpc) is 2.61. The molecule has 25 heavy (non-hydrogen) atoms. The first-order chi connectivity index (χ1) is 12.0. The first kappa shape index (κ1) is 16.0. The normalized spacial score (nSPS) is 23.0. The highest BCUT2D eigenvalue weighted by Crippen LogP contribution is 2.51. The van der Waals surface area contributed by atoms with Crippen LogP contribution >= 0.6 is 0 Å². The molecule has 0 aliphatic carbocycles. The maximum Gasteiger partial charge on any atom is 0.137 e. The minimum Gasteiger partial charge on any atom is -0.496 e. The lowest BCUT2D eigenvalue weighted by Crippen LogP contribution is -2.26. The van der Waals surface area contributed by atoms with Crippen molar-refractivity contribution >= 4 is 6.08 Å². The minimum atomic E-state index is -0.645. The monoisotopic (exact) mass is 338 g/mol. The molecule has 2 aliphatic heterocycles. The van der Waals surface area contributed by atoms with E-state index < -0.39 is 11.7 Å². The van der Waals surface area contributed by atoms with Gasteiger partial charge in [0.05, 0.1) is 25.0 Å². The molecular weight excluding hydrogens is 316 g/mol. The predicted octanol–water partition coefficient (Wildman–Crippen LogP) is 4.49. The zero-order valence-electron chi connectivity index (χ0n) is 14.7. The van der Waals surface area contributed by atoms with Gasteiger partial charge in [0.15, 0.2) is 0 Å². The summed E-state index contributed by atoms with van der Waals surface area (Å²) in [5.41, 5.74) is 3.23.